The molecular formula is C23H28N4O3. The lowest BCUT2D eigenvalue weighted by molar-refractivity contribution is -0.116. The van der Waals surface area contributed by atoms with Gasteiger partial charge in [-0.05, 0) is 43.0 Å². The van der Waals surface area contributed by atoms with Crippen molar-refractivity contribution in [1.82, 2.24) is 15.5 Å². The maximum Gasteiger partial charge on any atom is 0.317 e. The fraction of sp³-hybridized carbons (Fsp3) is 0.348. The summed E-state index contributed by atoms with van der Waals surface area (Å²) in [6.45, 7) is 2.59. The van der Waals surface area contributed by atoms with E-state index in [2.05, 4.69) is 16.0 Å². The lowest BCUT2D eigenvalue weighted by Crippen LogP contribution is -2.38. The van der Waals surface area contributed by atoms with Gasteiger partial charge in [0.05, 0.1) is 0 Å². The fourth-order valence-electron chi connectivity index (χ4n) is 2.95. The summed E-state index contributed by atoms with van der Waals surface area (Å²) >= 11 is 0. The summed E-state index contributed by atoms with van der Waals surface area (Å²) in [4.78, 5) is 38.3. The smallest absolute Gasteiger partial charge is 0.317 e. The predicted molar refractivity (Wildman–Crippen MR) is 116 cm³/mol. The summed E-state index contributed by atoms with van der Waals surface area (Å²) in [7, 11) is 1.71. The van der Waals surface area contributed by atoms with Crippen molar-refractivity contribution in [2.24, 2.45) is 0 Å². The molecule has 0 bridgehead atoms. The molecule has 1 aliphatic carbocycles. The molecule has 0 aromatic heterocycles. The van der Waals surface area contributed by atoms with Gasteiger partial charge in [-0.3, -0.25) is 9.59 Å². The van der Waals surface area contributed by atoms with Crippen molar-refractivity contribution in [3.8, 4) is 0 Å². The average molecular weight is 409 g/mol. The molecule has 0 saturated heterocycles. The fourth-order valence-corrected chi connectivity index (χ4v) is 2.95. The van der Waals surface area contributed by atoms with Gasteiger partial charge in [-0.2, -0.15) is 0 Å². The predicted octanol–water partition coefficient (Wildman–Crippen LogP) is 3.06. The van der Waals surface area contributed by atoms with Crippen LogP contribution >= 0.6 is 0 Å². The molecule has 1 fully saturated rings. The van der Waals surface area contributed by atoms with E-state index in [0.717, 1.165) is 24.0 Å². The first-order valence-corrected chi connectivity index (χ1v) is 10.2. The van der Waals surface area contributed by atoms with Crippen LogP contribution in [0.3, 0.4) is 0 Å². The molecule has 0 heterocycles. The molecule has 7 heteroatoms. The number of anilines is 1. The van der Waals surface area contributed by atoms with Crippen molar-refractivity contribution in [3.05, 3.63) is 65.2 Å². The Morgan fingerprint density at radius 1 is 1.07 bits per heavy atom. The minimum absolute atomic E-state index is 0.123. The highest BCUT2D eigenvalue weighted by Gasteiger charge is 2.24. The first-order valence-electron chi connectivity index (χ1n) is 10.2. The number of nitrogens with one attached hydrogen (secondary N) is 3. The number of rotatable bonds is 8. The maximum absolute atomic E-state index is 12.3. The Bertz CT molecular complexity index is 910. The molecule has 158 valence electrons. The average Bonchev–Trinajstić information content (AvgIpc) is 3.54. The third-order valence-electron chi connectivity index (χ3n) is 4.92. The number of carbonyl (C=O) groups is 3. The van der Waals surface area contributed by atoms with Crippen LogP contribution in [-0.4, -0.2) is 42.4 Å². The van der Waals surface area contributed by atoms with Crippen molar-refractivity contribution >= 4 is 23.5 Å². The van der Waals surface area contributed by atoms with E-state index in [1.165, 1.54) is 0 Å². The van der Waals surface area contributed by atoms with E-state index in [1.807, 2.05) is 43.3 Å². The summed E-state index contributed by atoms with van der Waals surface area (Å²) in [6.07, 6.45) is 2.18. The Kier molecular flexibility index (Phi) is 7.06. The van der Waals surface area contributed by atoms with Crippen molar-refractivity contribution < 1.29 is 14.4 Å². The number of aryl methyl sites for hydroxylation is 1. The highest BCUT2D eigenvalue weighted by molar-refractivity contribution is 5.98. The van der Waals surface area contributed by atoms with E-state index in [1.54, 1.807) is 24.1 Å². The van der Waals surface area contributed by atoms with Gasteiger partial charge in [0.15, 0.2) is 0 Å². The zero-order valence-corrected chi connectivity index (χ0v) is 17.4. The molecule has 30 heavy (non-hydrogen) atoms. The van der Waals surface area contributed by atoms with Crippen LogP contribution in [0.1, 0.15) is 40.7 Å². The van der Waals surface area contributed by atoms with Crippen LogP contribution in [0.4, 0.5) is 10.5 Å². The molecule has 1 aliphatic rings. The largest absolute Gasteiger partial charge is 0.349 e. The third-order valence-corrected chi connectivity index (χ3v) is 4.92. The van der Waals surface area contributed by atoms with Gasteiger partial charge in [-0.15, -0.1) is 0 Å². The molecule has 7 nitrogen and oxygen atoms in total. The van der Waals surface area contributed by atoms with E-state index in [0.29, 0.717) is 17.8 Å². The Morgan fingerprint density at radius 2 is 1.80 bits per heavy atom. The molecule has 0 spiro atoms. The van der Waals surface area contributed by atoms with Crippen molar-refractivity contribution in [3.63, 3.8) is 0 Å². The molecule has 2 aromatic carbocycles. The van der Waals surface area contributed by atoms with Crippen molar-refractivity contribution in [1.29, 1.82) is 0 Å². The van der Waals surface area contributed by atoms with Crippen molar-refractivity contribution in [2.45, 2.75) is 38.8 Å². The first-order chi connectivity index (χ1) is 14.4. The standard InChI is InChI=1S/C23H28N4O3/c1-16-8-9-18(22(29)25-19-10-11-19)14-20(16)26-21(28)12-13-24-23(30)27(2)15-17-6-4-3-5-7-17/h3-9,14,19H,10-13,15H2,1-2H3,(H,24,30)(H,25,29)(H,26,28). The Morgan fingerprint density at radius 3 is 2.50 bits per heavy atom. The first kappa shape index (κ1) is 21.4. The highest BCUT2D eigenvalue weighted by atomic mass is 16.2. The van der Waals surface area contributed by atoms with E-state index in [4.69, 9.17) is 0 Å². The number of hydrogen-bond donors (Lipinski definition) is 3. The quantitative estimate of drug-likeness (QED) is 0.627. The van der Waals surface area contributed by atoms with Crippen LogP contribution < -0.4 is 16.0 Å². The van der Waals surface area contributed by atoms with Crippen LogP contribution in [0.5, 0.6) is 0 Å². The Labute approximate surface area is 176 Å². The second-order valence-corrected chi connectivity index (χ2v) is 7.65. The number of hydrogen-bond acceptors (Lipinski definition) is 3. The number of amides is 4. The van der Waals surface area contributed by atoms with Gasteiger partial charge in [0.25, 0.3) is 5.91 Å². The molecule has 0 aliphatic heterocycles. The zero-order valence-electron chi connectivity index (χ0n) is 17.4. The molecule has 4 amide bonds. The van der Waals surface area contributed by atoms with Crippen LogP contribution in [0.25, 0.3) is 0 Å². The maximum atomic E-state index is 12.3. The van der Waals surface area contributed by atoms with Crippen molar-refractivity contribution in [2.75, 3.05) is 18.9 Å². The minimum Gasteiger partial charge on any atom is -0.349 e. The highest BCUT2D eigenvalue weighted by Crippen LogP contribution is 2.21. The van der Waals surface area contributed by atoms with Crippen LogP contribution in [0, 0.1) is 6.92 Å². The summed E-state index contributed by atoms with van der Waals surface area (Å²) in [6, 6.07) is 15.0. The summed E-state index contributed by atoms with van der Waals surface area (Å²) in [5, 5.41) is 8.53. The van der Waals surface area contributed by atoms with Crippen LogP contribution in [0.15, 0.2) is 48.5 Å². The zero-order chi connectivity index (χ0) is 21.5. The molecule has 3 N–H and O–H groups in total. The van der Waals surface area contributed by atoms with E-state index in [-0.39, 0.29) is 36.9 Å². The third kappa shape index (κ3) is 6.34. The lowest BCUT2D eigenvalue weighted by atomic mass is 10.1. The second-order valence-electron chi connectivity index (χ2n) is 7.65. The monoisotopic (exact) mass is 408 g/mol. The molecule has 3 rings (SSSR count). The van der Waals surface area contributed by atoms with Gasteiger partial charge in [0.2, 0.25) is 5.91 Å². The van der Waals surface area contributed by atoms with Gasteiger partial charge < -0.3 is 20.9 Å². The topological polar surface area (TPSA) is 90.5 Å². The molecule has 1 saturated carbocycles. The summed E-state index contributed by atoms with van der Waals surface area (Å²) in [5.41, 5.74) is 3.04. The number of benzene rings is 2. The Hall–Kier alpha value is -3.35. The van der Waals surface area contributed by atoms with E-state index in [9.17, 15) is 14.4 Å². The van der Waals surface area contributed by atoms with Gasteiger partial charge in [-0.1, -0.05) is 36.4 Å². The molecule has 0 atom stereocenters. The number of nitrogens with zero attached hydrogens (tertiary/aromatic N) is 1. The molecular weight excluding hydrogens is 380 g/mol. The Balaban J connectivity index is 1.45. The number of urea groups is 1. The summed E-state index contributed by atoms with van der Waals surface area (Å²) in [5.74, 6) is -0.342. The number of carbonyl (C=O) groups excluding carboxylic acids is 3. The lowest BCUT2D eigenvalue weighted by Gasteiger charge is -2.18. The van der Waals surface area contributed by atoms with Gasteiger partial charge in [0.1, 0.15) is 0 Å². The van der Waals surface area contributed by atoms with Gasteiger partial charge in [-0.25, -0.2) is 4.79 Å². The van der Waals surface area contributed by atoms with E-state index < -0.39 is 0 Å². The van der Waals surface area contributed by atoms with Crippen LogP contribution in [-0.2, 0) is 11.3 Å². The van der Waals surface area contributed by atoms with Gasteiger partial charge >= 0.3 is 6.03 Å². The SMILES string of the molecule is Cc1ccc(C(=O)NC2CC2)cc1NC(=O)CCNC(=O)N(C)Cc1ccccc1. The van der Waals surface area contributed by atoms with Gasteiger partial charge in [0, 0.05) is 43.9 Å². The second kappa shape index (κ2) is 9.91. The summed E-state index contributed by atoms with van der Waals surface area (Å²) < 4.78 is 0. The van der Waals surface area contributed by atoms with Crippen LogP contribution in [0.2, 0.25) is 0 Å². The molecule has 0 unspecified atom stereocenters. The molecule has 2 aromatic rings. The molecule has 0 radical (unpaired) electrons. The normalized spacial score (nSPS) is 12.7. The van der Waals surface area contributed by atoms with E-state index >= 15 is 0 Å². The minimum atomic E-state index is -0.235.